The number of carboxylic acids is 1. The molecule has 35 heavy (non-hydrogen) atoms. The minimum absolute atomic E-state index is 0. The molecular formula is C24H24Cl2N4O4S. The lowest BCUT2D eigenvalue weighted by Crippen LogP contribution is -2.48. The van der Waals surface area contributed by atoms with Crippen LogP contribution in [0.3, 0.4) is 0 Å². The van der Waals surface area contributed by atoms with Gasteiger partial charge in [0.2, 0.25) is 10.0 Å². The van der Waals surface area contributed by atoms with Gasteiger partial charge in [-0.2, -0.15) is 9.57 Å². The Kier molecular flexibility index (Phi) is 8.59. The number of carboxylic acid groups (broad SMARTS) is 1. The first-order valence-corrected chi connectivity index (χ1v) is 12.5. The van der Waals surface area contributed by atoms with Crippen molar-refractivity contribution < 1.29 is 18.3 Å². The van der Waals surface area contributed by atoms with Gasteiger partial charge in [-0.15, -0.1) is 12.4 Å². The number of hydrogen-bond acceptors (Lipinski definition) is 5. The quantitative estimate of drug-likeness (QED) is 0.495. The predicted octanol–water partition coefficient (Wildman–Crippen LogP) is 3.69. The summed E-state index contributed by atoms with van der Waals surface area (Å²) in [5, 5.41) is 18.7. The van der Waals surface area contributed by atoms with E-state index in [1.54, 1.807) is 6.07 Å². The zero-order valence-corrected chi connectivity index (χ0v) is 21.1. The van der Waals surface area contributed by atoms with Gasteiger partial charge >= 0.3 is 5.97 Å². The minimum Gasteiger partial charge on any atom is -0.480 e. The monoisotopic (exact) mass is 534 g/mol. The molecule has 184 valence electrons. The Morgan fingerprint density at radius 1 is 1.06 bits per heavy atom. The molecule has 0 aliphatic carbocycles. The molecule has 8 nitrogen and oxygen atoms in total. The molecule has 2 aromatic carbocycles. The Labute approximate surface area is 215 Å². The van der Waals surface area contributed by atoms with Crippen molar-refractivity contribution in [3.05, 3.63) is 77.1 Å². The molecule has 1 fully saturated rings. The van der Waals surface area contributed by atoms with Gasteiger partial charge in [0, 0.05) is 55.7 Å². The van der Waals surface area contributed by atoms with Crippen molar-refractivity contribution in [1.82, 2.24) is 13.8 Å². The molecule has 0 spiro atoms. The van der Waals surface area contributed by atoms with Crippen molar-refractivity contribution in [2.24, 2.45) is 0 Å². The molecule has 0 radical (unpaired) electrons. The number of aliphatic carboxylic acids is 1. The Morgan fingerprint density at radius 3 is 2.37 bits per heavy atom. The Bertz CT molecular complexity index is 1350. The standard InChI is InChI=1S/C24H23ClN4O4S.ClH/c25-21-10-19(23-16-28(17-24(30)31)15-20(23)13-26)11-22(12-21)34(32,33)29-8-6-27(7-9-29)14-18-4-2-1-3-5-18;/h1-5,10-12,15-16H,6-9,14,17H2,(H,30,31);1H. The van der Waals surface area contributed by atoms with Gasteiger partial charge in [-0.25, -0.2) is 8.42 Å². The van der Waals surface area contributed by atoms with Gasteiger partial charge in [-0.05, 0) is 29.3 Å². The van der Waals surface area contributed by atoms with Crippen LogP contribution in [0.15, 0.2) is 65.8 Å². The Balaban J connectivity index is 0.00000342. The molecule has 1 N–H and O–H groups in total. The topological polar surface area (TPSA) is 107 Å². The van der Waals surface area contributed by atoms with Crippen LogP contribution in [-0.4, -0.2) is 59.4 Å². The van der Waals surface area contributed by atoms with Crippen molar-refractivity contribution in [2.45, 2.75) is 18.0 Å². The molecular weight excluding hydrogens is 511 g/mol. The minimum atomic E-state index is -3.80. The van der Waals surface area contributed by atoms with Gasteiger partial charge in [0.05, 0.1) is 10.5 Å². The van der Waals surface area contributed by atoms with E-state index in [0.29, 0.717) is 37.3 Å². The van der Waals surface area contributed by atoms with E-state index in [9.17, 15) is 18.5 Å². The Morgan fingerprint density at radius 2 is 1.74 bits per heavy atom. The van der Waals surface area contributed by atoms with Gasteiger partial charge in [0.25, 0.3) is 0 Å². The van der Waals surface area contributed by atoms with E-state index >= 15 is 0 Å². The molecule has 0 saturated carbocycles. The number of halogens is 2. The highest BCUT2D eigenvalue weighted by Gasteiger charge is 2.29. The molecule has 3 aromatic rings. The molecule has 4 rings (SSSR count). The fourth-order valence-electron chi connectivity index (χ4n) is 4.06. The molecule has 1 aliphatic rings. The first kappa shape index (κ1) is 26.7. The fourth-order valence-corrected chi connectivity index (χ4v) is 5.85. The zero-order valence-electron chi connectivity index (χ0n) is 18.7. The van der Waals surface area contributed by atoms with Crippen LogP contribution in [0.5, 0.6) is 0 Å². The number of sulfonamides is 1. The molecule has 0 unspecified atom stereocenters. The van der Waals surface area contributed by atoms with E-state index in [1.807, 2.05) is 24.3 Å². The van der Waals surface area contributed by atoms with Crippen molar-refractivity contribution >= 4 is 40.0 Å². The average molecular weight is 535 g/mol. The first-order chi connectivity index (χ1) is 16.3. The number of nitriles is 1. The maximum atomic E-state index is 13.4. The van der Waals surface area contributed by atoms with E-state index in [1.165, 1.54) is 39.0 Å². The summed E-state index contributed by atoms with van der Waals surface area (Å²) in [7, 11) is -3.80. The number of aromatic nitrogens is 1. The molecule has 1 saturated heterocycles. The number of piperazine rings is 1. The second kappa shape index (κ2) is 11.2. The van der Waals surface area contributed by atoms with Gasteiger partial charge in [0.15, 0.2) is 0 Å². The lowest BCUT2D eigenvalue weighted by atomic mass is 10.1. The summed E-state index contributed by atoms with van der Waals surface area (Å²) in [6, 6.07) is 16.5. The van der Waals surface area contributed by atoms with Crippen LogP contribution in [0.25, 0.3) is 11.1 Å². The van der Waals surface area contributed by atoms with E-state index in [-0.39, 0.29) is 34.4 Å². The highest BCUT2D eigenvalue weighted by Crippen LogP contribution is 2.31. The zero-order chi connectivity index (χ0) is 24.3. The smallest absolute Gasteiger partial charge is 0.323 e. The fraction of sp³-hybridized carbons (Fsp3) is 0.250. The second-order valence-corrected chi connectivity index (χ2v) is 10.5. The maximum Gasteiger partial charge on any atom is 0.323 e. The summed E-state index contributed by atoms with van der Waals surface area (Å²) in [5.74, 6) is -1.05. The van der Waals surface area contributed by atoms with E-state index in [2.05, 4.69) is 17.0 Å². The van der Waals surface area contributed by atoms with Crippen LogP contribution in [0.4, 0.5) is 0 Å². The number of carbonyl (C=O) groups is 1. The van der Waals surface area contributed by atoms with E-state index in [4.69, 9.17) is 16.7 Å². The number of hydrogen-bond donors (Lipinski definition) is 1. The maximum absolute atomic E-state index is 13.4. The average Bonchev–Trinajstić information content (AvgIpc) is 3.22. The highest BCUT2D eigenvalue weighted by molar-refractivity contribution is 7.89. The normalized spacial score (nSPS) is 14.7. The predicted molar refractivity (Wildman–Crippen MR) is 135 cm³/mol. The second-order valence-electron chi connectivity index (χ2n) is 8.10. The SMILES string of the molecule is Cl.N#Cc1cn(CC(=O)O)cc1-c1cc(Cl)cc(S(=O)(=O)N2CCN(Cc3ccccc3)CC2)c1. The summed E-state index contributed by atoms with van der Waals surface area (Å²) >= 11 is 6.27. The lowest BCUT2D eigenvalue weighted by molar-refractivity contribution is -0.137. The summed E-state index contributed by atoms with van der Waals surface area (Å²) in [6.45, 7) is 2.38. The molecule has 1 aromatic heterocycles. The van der Waals surface area contributed by atoms with Gasteiger partial charge in [0.1, 0.15) is 12.6 Å². The molecule has 11 heteroatoms. The molecule has 0 amide bonds. The van der Waals surface area contributed by atoms with E-state index < -0.39 is 16.0 Å². The van der Waals surface area contributed by atoms with Gasteiger partial charge < -0.3 is 9.67 Å². The molecule has 1 aliphatic heterocycles. The van der Waals surface area contributed by atoms with Crippen molar-refractivity contribution in [1.29, 1.82) is 5.26 Å². The molecule has 0 bridgehead atoms. The van der Waals surface area contributed by atoms with E-state index in [0.717, 1.165) is 6.54 Å². The lowest BCUT2D eigenvalue weighted by Gasteiger charge is -2.34. The number of rotatable bonds is 7. The van der Waals surface area contributed by atoms with Crippen LogP contribution in [0.2, 0.25) is 5.02 Å². The summed E-state index contributed by atoms with van der Waals surface area (Å²) < 4.78 is 29.6. The third-order valence-electron chi connectivity index (χ3n) is 5.72. The van der Waals surface area contributed by atoms with Crippen LogP contribution in [0.1, 0.15) is 11.1 Å². The van der Waals surface area contributed by atoms with Crippen molar-refractivity contribution in [3.8, 4) is 17.2 Å². The van der Waals surface area contributed by atoms with Gasteiger partial charge in [-0.3, -0.25) is 9.69 Å². The third-order valence-corrected chi connectivity index (χ3v) is 7.81. The molecule has 2 heterocycles. The Hall–Kier alpha value is -2.87. The van der Waals surface area contributed by atoms with Crippen molar-refractivity contribution in [2.75, 3.05) is 26.2 Å². The summed E-state index contributed by atoms with van der Waals surface area (Å²) in [5.41, 5.74) is 2.28. The summed E-state index contributed by atoms with van der Waals surface area (Å²) in [6.07, 6.45) is 2.93. The molecule has 0 atom stereocenters. The van der Waals surface area contributed by atoms with Gasteiger partial charge in [-0.1, -0.05) is 41.9 Å². The summed E-state index contributed by atoms with van der Waals surface area (Å²) in [4.78, 5) is 13.3. The number of nitrogens with zero attached hydrogens (tertiary/aromatic N) is 4. The van der Waals surface area contributed by atoms with Crippen LogP contribution >= 0.6 is 24.0 Å². The third kappa shape index (κ3) is 6.23. The van der Waals surface area contributed by atoms with Crippen LogP contribution in [0, 0.1) is 11.3 Å². The number of benzene rings is 2. The largest absolute Gasteiger partial charge is 0.480 e. The van der Waals surface area contributed by atoms with Crippen LogP contribution < -0.4 is 0 Å². The van der Waals surface area contributed by atoms with Crippen LogP contribution in [-0.2, 0) is 27.9 Å². The highest BCUT2D eigenvalue weighted by atomic mass is 35.5. The first-order valence-electron chi connectivity index (χ1n) is 10.7. The van der Waals surface area contributed by atoms with Crippen molar-refractivity contribution in [3.63, 3.8) is 0 Å².